The molecule has 0 bridgehead atoms. The van der Waals surface area contributed by atoms with Gasteiger partial charge in [0.25, 0.3) is 0 Å². The molecule has 0 atom stereocenters. The quantitative estimate of drug-likeness (QED) is 0.790. The van der Waals surface area contributed by atoms with E-state index in [4.69, 9.17) is 0 Å². The van der Waals surface area contributed by atoms with Gasteiger partial charge in [-0.15, -0.1) is 0 Å². The number of nitrogens with one attached hydrogen (secondary N) is 1. The summed E-state index contributed by atoms with van der Waals surface area (Å²) in [5.41, 5.74) is 1.24. The number of hydrogen-bond donors (Lipinski definition) is 1. The molecule has 1 saturated heterocycles. The third kappa shape index (κ3) is 2.65. The maximum Gasteiger partial charge on any atom is 0.135 e. The highest BCUT2D eigenvalue weighted by Crippen LogP contribution is 2.16. The first-order chi connectivity index (χ1) is 6.92. The summed E-state index contributed by atoms with van der Waals surface area (Å²) in [5, 5.41) is 3.34. The van der Waals surface area contributed by atoms with Crippen LogP contribution in [0.1, 0.15) is 19.9 Å². The van der Waals surface area contributed by atoms with E-state index in [9.17, 15) is 0 Å². The second-order valence-corrected chi connectivity index (χ2v) is 3.46. The van der Waals surface area contributed by atoms with Crippen LogP contribution in [0.3, 0.4) is 0 Å². The minimum atomic E-state index is 0. The lowest BCUT2D eigenvalue weighted by Crippen LogP contribution is -2.44. The molecule has 1 N–H and O–H groups in total. The van der Waals surface area contributed by atoms with Crippen LogP contribution >= 0.6 is 0 Å². The summed E-state index contributed by atoms with van der Waals surface area (Å²) in [6.07, 6.45) is 4.56. The van der Waals surface area contributed by atoms with Crippen molar-refractivity contribution < 1.29 is 0 Å². The molecule has 0 radical (unpaired) electrons. The number of hydrogen-bond acceptors (Lipinski definition) is 4. The molecule has 4 nitrogen and oxygen atoms in total. The Morgan fingerprint density at radius 2 is 2.13 bits per heavy atom. The number of rotatable bonds is 2. The highest BCUT2D eigenvalue weighted by molar-refractivity contribution is 5.45. The molecule has 0 aromatic carbocycles. The van der Waals surface area contributed by atoms with Gasteiger partial charge in [-0.05, 0) is 6.42 Å². The van der Waals surface area contributed by atoms with Crippen molar-refractivity contribution in [3.63, 3.8) is 0 Å². The Labute approximate surface area is 91.7 Å². The van der Waals surface area contributed by atoms with E-state index in [-0.39, 0.29) is 7.43 Å². The van der Waals surface area contributed by atoms with Crippen LogP contribution in [0.15, 0.2) is 12.5 Å². The predicted octanol–water partition coefficient (Wildman–Crippen LogP) is 1.08. The van der Waals surface area contributed by atoms with Gasteiger partial charge in [-0.3, -0.25) is 0 Å². The van der Waals surface area contributed by atoms with Gasteiger partial charge in [0.15, 0.2) is 0 Å². The van der Waals surface area contributed by atoms with Gasteiger partial charge in [0, 0.05) is 37.9 Å². The number of anilines is 1. The molecule has 1 aromatic heterocycles. The van der Waals surface area contributed by atoms with E-state index in [2.05, 4.69) is 27.1 Å². The molecule has 0 aliphatic carbocycles. The van der Waals surface area contributed by atoms with Gasteiger partial charge < -0.3 is 10.2 Å². The topological polar surface area (TPSA) is 41.1 Å². The van der Waals surface area contributed by atoms with E-state index in [1.165, 1.54) is 5.56 Å². The zero-order chi connectivity index (χ0) is 9.80. The van der Waals surface area contributed by atoms with E-state index in [0.717, 1.165) is 38.4 Å². The Morgan fingerprint density at radius 3 is 2.80 bits per heavy atom. The summed E-state index contributed by atoms with van der Waals surface area (Å²) in [6, 6.07) is 0. The molecule has 0 unspecified atom stereocenters. The smallest absolute Gasteiger partial charge is 0.135 e. The first-order valence-electron chi connectivity index (χ1n) is 5.16. The summed E-state index contributed by atoms with van der Waals surface area (Å²) >= 11 is 0. The summed E-state index contributed by atoms with van der Waals surface area (Å²) in [5.74, 6) is 1.11. The molecule has 0 spiro atoms. The SMILES string of the molecule is C.CCc1cncnc1N1CCNCC1. The monoisotopic (exact) mass is 208 g/mol. The van der Waals surface area contributed by atoms with Crippen LogP contribution in [0, 0.1) is 0 Å². The molecular formula is C11H20N4. The summed E-state index contributed by atoms with van der Waals surface area (Å²) in [7, 11) is 0. The Balaban J connectivity index is 0.00000112. The van der Waals surface area contributed by atoms with Crippen molar-refractivity contribution in [1.29, 1.82) is 0 Å². The van der Waals surface area contributed by atoms with Gasteiger partial charge in [0.1, 0.15) is 12.1 Å². The highest BCUT2D eigenvalue weighted by Gasteiger charge is 2.14. The van der Waals surface area contributed by atoms with Gasteiger partial charge >= 0.3 is 0 Å². The maximum absolute atomic E-state index is 4.36. The molecule has 1 aliphatic heterocycles. The molecule has 1 fully saturated rings. The molecular weight excluding hydrogens is 188 g/mol. The van der Waals surface area contributed by atoms with Crippen LogP contribution in [0.4, 0.5) is 5.82 Å². The summed E-state index contributed by atoms with van der Waals surface area (Å²) in [6.45, 7) is 6.33. The second-order valence-electron chi connectivity index (χ2n) is 3.46. The minimum Gasteiger partial charge on any atom is -0.354 e. The number of aromatic nitrogens is 2. The normalized spacial score (nSPS) is 15.9. The number of aryl methyl sites for hydroxylation is 1. The van der Waals surface area contributed by atoms with Crippen molar-refractivity contribution in [3.8, 4) is 0 Å². The van der Waals surface area contributed by atoms with Crippen molar-refractivity contribution in [2.45, 2.75) is 20.8 Å². The first-order valence-corrected chi connectivity index (χ1v) is 5.16. The van der Waals surface area contributed by atoms with Gasteiger partial charge in [-0.25, -0.2) is 9.97 Å². The number of piperazine rings is 1. The van der Waals surface area contributed by atoms with Crippen LogP contribution < -0.4 is 10.2 Å². The molecule has 0 saturated carbocycles. The average Bonchev–Trinajstić information content (AvgIpc) is 2.30. The Bertz CT molecular complexity index is 294. The third-order valence-electron chi connectivity index (χ3n) is 2.56. The fourth-order valence-electron chi connectivity index (χ4n) is 1.76. The average molecular weight is 208 g/mol. The fourth-order valence-corrected chi connectivity index (χ4v) is 1.76. The van der Waals surface area contributed by atoms with E-state index in [0.29, 0.717) is 0 Å². The zero-order valence-electron chi connectivity index (χ0n) is 8.53. The molecule has 4 heteroatoms. The van der Waals surface area contributed by atoms with Crippen molar-refractivity contribution in [2.75, 3.05) is 31.1 Å². The zero-order valence-corrected chi connectivity index (χ0v) is 8.53. The molecule has 2 heterocycles. The lowest BCUT2D eigenvalue weighted by Gasteiger charge is -2.29. The largest absolute Gasteiger partial charge is 0.354 e. The second kappa shape index (κ2) is 5.66. The van der Waals surface area contributed by atoms with Crippen molar-refractivity contribution in [3.05, 3.63) is 18.1 Å². The van der Waals surface area contributed by atoms with Crippen molar-refractivity contribution >= 4 is 5.82 Å². The minimum absolute atomic E-state index is 0. The van der Waals surface area contributed by atoms with Crippen molar-refractivity contribution in [2.24, 2.45) is 0 Å². The Morgan fingerprint density at radius 1 is 1.40 bits per heavy atom. The van der Waals surface area contributed by atoms with E-state index >= 15 is 0 Å². The molecule has 2 rings (SSSR count). The summed E-state index contributed by atoms with van der Waals surface area (Å²) in [4.78, 5) is 10.7. The van der Waals surface area contributed by atoms with Crippen LogP contribution in [-0.4, -0.2) is 36.1 Å². The lowest BCUT2D eigenvalue weighted by atomic mass is 10.2. The van der Waals surface area contributed by atoms with Gasteiger partial charge in [-0.1, -0.05) is 14.4 Å². The van der Waals surface area contributed by atoms with Crippen LogP contribution in [0.25, 0.3) is 0 Å². The highest BCUT2D eigenvalue weighted by atomic mass is 15.2. The molecule has 0 amide bonds. The molecule has 1 aliphatic rings. The molecule has 15 heavy (non-hydrogen) atoms. The van der Waals surface area contributed by atoms with E-state index in [1.807, 2.05) is 6.20 Å². The Hall–Kier alpha value is -1.16. The fraction of sp³-hybridized carbons (Fsp3) is 0.636. The predicted molar refractivity (Wildman–Crippen MR) is 63.2 cm³/mol. The van der Waals surface area contributed by atoms with E-state index in [1.54, 1.807) is 6.33 Å². The van der Waals surface area contributed by atoms with E-state index < -0.39 is 0 Å². The molecule has 84 valence electrons. The van der Waals surface area contributed by atoms with Crippen LogP contribution in [-0.2, 0) is 6.42 Å². The first kappa shape index (κ1) is 11.9. The standard InChI is InChI=1S/C10H16N4.CH4/c1-2-9-7-12-8-13-10(9)14-5-3-11-4-6-14;/h7-8,11H,2-6H2,1H3;1H4. The molecule has 1 aromatic rings. The third-order valence-corrected chi connectivity index (χ3v) is 2.56. The van der Waals surface area contributed by atoms with Gasteiger partial charge in [0.2, 0.25) is 0 Å². The maximum atomic E-state index is 4.36. The van der Waals surface area contributed by atoms with Crippen molar-refractivity contribution in [1.82, 2.24) is 15.3 Å². The van der Waals surface area contributed by atoms with Gasteiger partial charge in [-0.2, -0.15) is 0 Å². The number of nitrogens with zero attached hydrogens (tertiary/aromatic N) is 3. The Kier molecular flexibility index (Phi) is 4.49. The van der Waals surface area contributed by atoms with Crippen LogP contribution in [0.2, 0.25) is 0 Å². The van der Waals surface area contributed by atoms with Gasteiger partial charge in [0.05, 0.1) is 0 Å². The summed E-state index contributed by atoms with van der Waals surface area (Å²) < 4.78 is 0. The lowest BCUT2D eigenvalue weighted by molar-refractivity contribution is 0.583. The van der Waals surface area contributed by atoms with Crippen LogP contribution in [0.5, 0.6) is 0 Å².